The van der Waals surface area contributed by atoms with Crippen molar-refractivity contribution in [1.29, 1.82) is 0 Å². The lowest BCUT2D eigenvalue weighted by Crippen LogP contribution is -2.14. The fraction of sp³-hybridized carbons (Fsp3) is 0. The van der Waals surface area contributed by atoms with Gasteiger partial charge in [-0.1, -0.05) is 18.2 Å². The molecule has 3 aromatic rings. The van der Waals surface area contributed by atoms with Gasteiger partial charge >= 0.3 is 11.9 Å². The SMILES string of the molecule is O=C(Oc1ccc2cc(O)ccc2c1)c1cccc(O)c1C(=O)O. The third-order valence-electron chi connectivity index (χ3n) is 3.48. The van der Waals surface area contributed by atoms with Crippen molar-refractivity contribution in [2.45, 2.75) is 0 Å². The maximum Gasteiger partial charge on any atom is 0.344 e. The maximum atomic E-state index is 12.2. The minimum Gasteiger partial charge on any atom is -0.508 e. The molecule has 0 aliphatic heterocycles. The molecular formula is C18H12O6. The topological polar surface area (TPSA) is 104 Å². The number of ether oxygens (including phenoxy) is 1. The van der Waals surface area contributed by atoms with Crippen molar-refractivity contribution in [1.82, 2.24) is 0 Å². The van der Waals surface area contributed by atoms with E-state index in [0.717, 1.165) is 10.8 Å². The van der Waals surface area contributed by atoms with Crippen LogP contribution in [0.15, 0.2) is 54.6 Å². The van der Waals surface area contributed by atoms with Gasteiger partial charge in [0, 0.05) is 0 Å². The summed E-state index contributed by atoms with van der Waals surface area (Å²) in [5.74, 6) is -2.47. The number of aromatic carboxylic acids is 1. The second kappa shape index (κ2) is 5.92. The van der Waals surface area contributed by atoms with Crippen LogP contribution in [-0.2, 0) is 0 Å². The molecule has 3 rings (SSSR count). The smallest absolute Gasteiger partial charge is 0.344 e. The van der Waals surface area contributed by atoms with Crippen molar-refractivity contribution < 1.29 is 29.6 Å². The molecule has 0 atom stereocenters. The van der Waals surface area contributed by atoms with E-state index in [4.69, 9.17) is 9.84 Å². The van der Waals surface area contributed by atoms with Crippen molar-refractivity contribution in [2.75, 3.05) is 0 Å². The van der Waals surface area contributed by atoms with Gasteiger partial charge in [0.25, 0.3) is 0 Å². The normalized spacial score (nSPS) is 10.5. The summed E-state index contributed by atoms with van der Waals surface area (Å²) < 4.78 is 5.21. The molecule has 0 aliphatic carbocycles. The predicted molar refractivity (Wildman–Crippen MR) is 85.6 cm³/mol. The van der Waals surface area contributed by atoms with Crippen molar-refractivity contribution in [3.05, 3.63) is 65.7 Å². The maximum absolute atomic E-state index is 12.2. The molecule has 3 N–H and O–H groups in total. The van der Waals surface area contributed by atoms with E-state index in [2.05, 4.69) is 0 Å². The third kappa shape index (κ3) is 2.85. The Hall–Kier alpha value is -3.54. The van der Waals surface area contributed by atoms with Crippen LogP contribution in [0.3, 0.4) is 0 Å². The fourth-order valence-corrected chi connectivity index (χ4v) is 2.37. The van der Waals surface area contributed by atoms with Gasteiger partial charge in [0.05, 0.1) is 5.56 Å². The average Bonchev–Trinajstić information content (AvgIpc) is 2.54. The number of hydrogen-bond donors (Lipinski definition) is 3. The summed E-state index contributed by atoms with van der Waals surface area (Å²) in [6, 6.07) is 13.3. The number of phenols is 2. The minimum absolute atomic E-state index is 0.123. The summed E-state index contributed by atoms with van der Waals surface area (Å²) in [6.45, 7) is 0. The Morgan fingerprint density at radius 2 is 1.58 bits per heavy atom. The highest BCUT2D eigenvalue weighted by atomic mass is 16.5. The summed E-state index contributed by atoms with van der Waals surface area (Å²) in [4.78, 5) is 23.5. The van der Waals surface area contributed by atoms with Crippen LogP contribution in [0, 0.1) is 0 Å². The number of benzene rings is 3. The van der Waals surface area contributed by atoms with Crippen LogP contribution in [0.25, 0.3) is 10.8 Å². The van der Waals surface area contributed by atoms with Crippen LogP contribution >= 0.6 is 0 Å². The molecule has 6 nitrogen and oxygen atoms in total. The highest BCUT2D eigenvalue weighted by molar-refractivity contribution is 6.05. The summed E-state index contributed by atoms with van der Waals surface area (Å²) in [6.07, 6.45) is 0. The zero-order valence-electron chi connectivity index (χ0n) is 12.3. The van der Waals surface area contributed by atoms with E-state index in [-0.39, 0.29) is 17.1 Å². The van der Waals surface area contributed by atoms with E-state index in [1.54, 1.807) is 24.3 Å². The first kappa shape index (κ1) is 15.4. The Kier molecular flexibility index (Phi) is 3.79. The van der Waals surface area contributed by atoms with Gasteiger partial charge in [-0.2, -0.15) is 0 Å². The first-order valence-electron chi connectivity index (χ1n) is 6.96. The molecule has 24 heavy (non-hydrogen) atoms. The highest BCUT2D eigenvalue weighted by Gasteiger charge is 2.22. The minimum atomic E-state index is -1.42. The van der Waals surface area contributed by atoms with Crippen LogP contribution < -0.4 is 4.74 Å². The van der Waals surface area contributed by atoms with Crippen LogP contribution in [0.1, 0.15) is 20.7 Å². The summed E-state index contributed by atoms with van der Waals surface area (Å²) in [5.41, 5.74) is -0.749. The van der Waals surface area contributed by atoms with E-state index >= 15 is 0 Å². The van der Waals surface area contributed by atoms with Gasteiger partial charge < -0.3 is 20.1 Å². The zero-order valence-corrected chi connectivity index (χ0v) is 12.3. The monoisotopic (exact) mass is 324 g/mol. The molecule has 0 spiro atoms. The molecule has 120 valence electrons. The van der Waals surface area contributed by atoms with Gasteiger partial charge in [0.15, 0.2) is 0 Å². The third-order valence-corrected chi connectivity index (χ3v) is 3.48. The summed E-state index contributed by atoms with van der Waals surface area (Å²) >= 11 is 0. The molecule has 0 heterocycles. The Balaban J connectivity index is 1.94. The number of carbonyl (C=O) groups is 2. The van der Waals surface area contributed by atoms with Gasteiger partial charge in [-0.05, 0) is 47.2 Å². The van der Waals surface area contributed by atoms with Gasteiger partial charge in [-0.3, -0.25) is 0 Å². The second-order valence-corrected chi connectivity index (χ2v) is 5.09. The standard InChI is InChI=1S/C18H12O6/c19-12-6-4-11-9-13(7-5-10(11)8-12)24-18(23)14-2-1-3-15(20)16(14)17(21)22/h1-9,19-20H,(H,21,22). The molecule has 0 radical (unpaired) electrons. The second-order valence-electron chi connectivity index (χ2n) is 5.09. The average molecular weight is 324 g/mol. The van der Waals surface area contributed by atoms with Crippen molar-refractivity contribution in [3.63, 3.8) is 0 Å². The number of fused-ring (bicyclic) bond motifs is 1. The van der Waals surface area contributed by atoms with Gasteiger partial charge in [0.1, 0.15) is 22.8 Å². The molecule has 6 heteroatoms. The molecule has 0 aliphatic rings. The van der Waals surface area contributed by atoms with E-state index in [0.29, 0.717) is 0 Å². The first-order chi connectivity index (χ1) is 11.5. The number of aromatic hydroxyl groups is 2. The molecule has 0 amide bonds. The number of phenolic OH excluding ortho intramolecular Hbond substituents is 1. The Bertz CT molecular complexity index is 961. The first-order valence-corrected chi connectivity index (χ1v) is 6.96. The molecular weight excluding hydrogens is 312 g/mol. The zero-order chi connectivity index (χ0) is 17.3. The molecule has 0 saturated heterocycles. The Morgan fingerprint density at radius 1 is 0.875 bits per heavy atom. The summed E-state index contributed by atoms with van der Waals surface area (Å²) in [5, 5.41) is 29.7. The van der Waals surface area contributed by atoms with E-state index in [9.17, 15) is 19.8 Å². The van der Waals surface area contributed by atoms with E-state index in [1.165, 1.54) is 30.3 Å². The molecule has 0 fully saturated rings. The largest absolute Gasteiger partial charge is 0.508 e. The fourth-order valence-electron chi connectivity index (χ4n) is 2.37. The van der Waals surface area contributed by atoms with Gasteiger partial charge in [0.2, 0.25) is 0 Å². The Morgan fingerprint density at radius 3 is 2.33 bits per heavy atom. The van der Waals surface area contributed by atoms with Crippen LogP contribution in [-0.4, -0.2) is 27.3 Å². The van der Waals surface area contributed by atoms with E-state index in [1.807, 2.05) is 0 Å². The van der Waals surface area contributed by atoms with Crippen LogP contribution in [0.5, 0.6) is 17.2 Å². The molecule has 3 aromatic carbocycles. The van der Waals surface area contributed by atoms with Crippen LogP contribution in [0.4, 0.5) is 0 Å². The molecule has 0 unspecified atom stereocenters. The lowest BCUT2D eigenvalue weighted by atomic mass is 10.1. The molecule has 0 bridgehead atoms. The molecule has 0 saturated carbocycles. The molecule has 0 aromatic heterocycles. The number of carboxylic acid groups (broad SMARTS) is 1. The van der Waals surface area contributed by atoms with Crippen molar-refractivity contribution in [3.8, 4) is 17.2 Å². The predicted octanol–water partition coefficient (Wildman–Crippen LogP) is 3.17. The lowest BCUT2D eigenvalue weighted by Gasteiger charge is -2.09. The number of rotatable bonds is 3. The number of carboxylic acids is 1. The number of carbonyl (C=O) groups excluding carboxylic acids is 1. The number of hydrogen-bond acceptors (Lipinski definition) is 5. The Labute approximate surface area is 136 Å². The van der Waals surface area contributed by atoms with Gasteiger partial charge in [-0.15, -0.1) is 0 Å². The van der Waals surface area contributed by atoms with Crippen molar-refractivity contribution in [2.24, 2.45) is 0 Å². The number of esters is 1. The van der Waals surface area contributed by atoms with E-state index < -0.39 is 23.3 Å². The van der Waals surface area contributed by atoms with Crippen molar-refractivity contribution >= 4 is 22.7 Å². The van der Waals surface area contributed by atoms with Gasteiger partial charge in [-0.25, -0.2) is 9.59 Å². The quantitative estimate of drug-likeness (QED) is 0.505. The van der Waals surface area contributed by atoms with Crippen LogP contribution in [0.2, 0.25) is 0 Å². The summed E-state index contributed by atoms with van der Waals surface area (Å²) in [7, 11) is 0. The lowest BCUT2D eigenvalue weighted by molar-refractivity contribution is 0.0664. The highest BCUT2D eigenvalue weighted by Crippen LogP contribution is 2.26.